The highest BCUT2D eigenvalue weighted by Gasteiger charge is 2.46. The molecule has 0 radical (unpaired) electrons. The minimum absolute atomic E-state index is 0.0349. The minimum Gasteiger partial charge on any atom is -0.438 e. The maximum Gasteiger partial charge on any atom is 0.411 e. The number of amides is 1. The largest absolute Gasteiger partial charge is 0.438 e. The summed E-state index contributed by atoms with van der Waals surface area (Å²) < 4.78 is 7.86. The highest BCUT2D eigenvalue weighted by molar-refractivity contribution is 5.70. The van der Waals surface area contributed by atoms with Crippen molar-refractivity contribution >= 4 is 6.09 Å². The second-order valence-corrected chi connectivity index (χ2v) is 10.1. The molecule has 6 nitrogen and oxygen atoms in total. The monoisotopic (exact) mass is 473 g/mol. The Kier molecular flexibility index (Phi) is 6.86. The number of cyclic esters (lactones) is 1. The number of hydrogen-bond acceptors (Lipinski definition) is 4. The summed E-state index contributed by atoms with van der Waals surface area (Å²) in [7, 11) is 3.69. The maximum atomic E-state index is 13.4. The molecule has 2 aromatic carbocycles. The maximum absolute atomic E-state index is 13.4. The lowest BCUT2D eigenvalue weighted by Gasteiger charge is -2.46. The Labute approximate surface area is 207 Å². The van der Waals surface area contributed by atoms with Gasteiger partial charge in [-0.25, -0.2) is 4.79 Å². The van der Waals surface area contributed by atoms with Crippen molar-refractivity contribution in [2.24, 2.45) is 7.05 Å². The first-order valence-corrected chi connectivity index (χ1v) is 12.2. The van der Waals surface area contributed by atoms with E-state index >= 15 is 0 Å². The third-order valence-electron chi connectivity index (χ3n) is 7.26. The standard InChI is InChI=1S/C29H35N3O3/c1-21(22-11-13-23(14-12-22)24-15-16-26(33)31(5)19-24)32-18-17-29(35-27(32)34,20-28(2,3)30-4)25-9-7-6-8-10-25/h6-16,19,21,30H,17-18,20H2,1-5H3. The Morgan fingerprint density at radius 3 is 2.26 bits per heavy atom. The normalized spacial score (nSPS) is 19.3. The van der Waals surface area contributed by atoms with Gasteiger partial charge in [0.25, 0.3) is 0 Å². The molecule has 35 heavy (non-hydrogen) atoms. The molecule has 1 aliphatic heterocycles. The molecule has 2 unspecified atom stereocenters. The topological polar surface area (TPSA) is 63.6 Å². The smallest absolute Gasteiger partial charge is 0.411 e. The van der Waals surface area contributed by atoms with Gasteiger partial charge in [-0.2, -0.15) is 0 Å². The van der Waals surface area contributed by atoms with E-state index in [0.29, 0.717) is 19.4 Å². The second-order valence-electron chi connectivity index (χ2n) is 10.1. The number of carbonyl (C=O) groups excluding carboxylic acids is 1. The van der Waals surface area contributed by atoms with Crippen molar-refractivity contribution in [3.8, 4) is 11.1 Å². The van der Waals surface area contributed by atoms with Crippen molar-refractivity contribution in [1.82, 2.24) is 14.8 Å². The Bertz CT molecular complexity index is 1230. The van der Waals surface area contributed by atoms with Crippen LogP contribution in [0.4, 0.5) is 4.79 Å². The first kappa shape index (κ1) is 24.7. The number of nitrogens with one attached hydrogen (secondary N) is 1. The fourth-order valence-corrected chi connectivity index (χ4v) is 4.89. The molecule has 184 valence electrons. The van der Waals surface area contributed by atoms with Crippen molar-refractivity contribution < 1.29 is 9.53 Å². The van der Waals surface area contributed by atoms with E-state index in [1.807, 2.05) is 73.6 Å². The van der Waals surface area contributed by atoms with Crippen molar-refractivity contribution in [2.75, 3.05) is 13.6 Å². The van der Waals surface area contributed by atoms with Gasteiger partial charge < -0.3 is 19.5 Å². The average Bonchev–Trinajstić information content (AvgIpc) is 2.86. The summed E-state index contributed by atoms with van der Waals surface area (Å²) in [5.74, 6) is 0. The van der Waals surface area contributed by atoms with Gasteiger partial charge in [-0.3, -0.25) is 4.79 Å². The molecule has 1 fully saturated rings. The van der Waals surface area contributed by atoms with E-state index in [4.69, 9.17) is 4.74 Å². The van der Waals surface area contributed by atoms with Gasteiger partial charge in [0.2, 0.25) is 5.56 Å². The van der Waals surface area contributed by atoms with E-state index in [-0.39, 0.29) is 23.2 Å². The van der Waals surface area contributed by atoms with Crippen LogP contribution in [0, 0.1) is 0 Å². The summed E-state index contributed by atoms with van der Waals surface area (Å²) in [5, 5.41) is 3.36. The SMILES string of the molecule is CNC(C)(C)CC1(c2ccccc2)CCN(C(C)c2ccc(-c3ccc(=O)n(C)c3)cc2)C(=O)O1. The molecule has 3 aromatic rings. The predicted molar refractivity (Wildman–Crippen MR) is 139 cm³/mol. The third-order valence-corrected chi connectivity index (χ3v) is 7.26. The zero-order valence-corrected chi connectivity index (χ0v) is 21.2. The number of carbonyl (C=O) groups is 1. The van der Waals surface area contributed by atoms with Crippen LogP contribution in [0.3, 0.4) is 0 Å². The van der Waals surface area contributed by atoms with Crippen LogP contribution >= 0.6 is 0 Å². The Balaban J connectivity index is 1.54. The number of hydrogen-bond donors (Lipinski definition) is 1. The summed E-state index contributed by atoms with van der Waals surface area (Å²) in [6.07, 6.45) is 2.94. The summed E-state index contributed by atoms with van der Waals surface area (Å²) >= 11 is 0. The van der Waals surface area contributed by atoms with Gasteiger partial charge in [-0.15, -0.1) is 0 Å². The van der Waals surface area contributed by atoms with Gasteiger partial charge in [0.15, 0.2) is 0 Å². The number of nitrogens with zero attached hydrogens (tertiary/aromatic N) is 2. The van der Waals surface area contributed by atoms with E-state index in [0.717, 1.165) is 22.3 Å². The zero-order valence-electron chi connectivity index (χ0n) is 21.2. The molecular formula is C29H35N3O3. The fourth-order valence-electron chi connectivity index (χ4n) is 4.89. The molecule has 6 heteroatoms. The molecule has 2 atom stereocenters. The molecule has 0 aliphatic carbocycles. The number of aromatic nitrogens is 1. The van der Waals surface area contributed by atoms with Gasteiger partial charge in [0.1, 0.15) is 5.60 Å². The van der Waals surface area contributed by atoms with E-state index in [1.54, 1.807) is 17.7 Å². The number of pyridine rings is 1. The number of rotatable bonds is 7. The molecule has 1 N–H and O–H groups in total. The highest BCUT2D eigenvalue weighted by atomic mass is 16.6. The first-order valence-electron chi connectivity index (χ1n) is 12.2. The predicted octanol–water partition coefficient (Wildman–Crippen LogP) is 5.24. The Hall–Kier alpha value is -3.38. The summed E-state index contributed by atoms with van der Waals surface area (Å²) in [4.78, 5) is 26.9. The van der Waals surface area contributed by atoms with Crippen LogP contribution in [-0.4, -0.2) is 34.7 Å². The van der Waals surface area contributed by atoms with Crippen LogP contribution in [-0.2, 0) is 17.4 Å². The molecule has 1 amide bonds. The number of benzene rings is 2. The van der Waals surface area contributed by atoms with Crippen LogP contribution in [0.5, 0.6) is 0 Å². The number of ether oxygens (including phenoxy) is 1. The molecule has 1 aromatic heterocycles. The van der Waals surface area contributed by atoms with Crippen molar-refractivity contribution in [1.29, 1.82) is 0 Å². The molecular weight excluding hydrogens is 438 g/mol. The molecule has 4 rings (SSSR count). The van der Waals surface area contributed by atoms with Gasteiger partial charge in [0, 0.05) is 44.2 Å². The molecule has 0 spiro atoms. The highest BCUT2D eigenvalue weighted by Crippen LogP contribution is 2.42. The van der Waals surface area contributed by atoms with E-state index in [9.17, 15) is 9.59 Å². The Morgan fingerprint density at radius 1 is 1.00 bits per heavy atom. The van der Waals surface area contributed by atoms with E-state index in [2.05, 4.69) is 31.3 Å². The van der Waals surface area contributed by atoms with E-state index < -0.39 is 5.60 Å². The summed E-state index contributed by atoms with van der Waals surface area (Å²) in [6, 6.07) is 21.5. The van der Waals surface area contributed by atoms with Gasteiger partial charge in [-0.05, 0) is 56.1 Å². The molecule has 2 heterocycles. The van der Waals surface area contributed by atoms with Crippen LogP contribution < -0.4 is 10.9 Å². The molecule has 1 saturated heterocycles. The van der Waals surface area contributed by atoms with Gasteiger partial charge in [0.05, 0.1) is 6.04 Å². The average molecular weight is 474 g/mol. The summed E-state index contributed by atoms with van der Waals surface area (Å²) in [5.41, 5.74) is 3.17. The molecule has 0 saturated carbocycles. The molecule has 0 bridgehead atoms. The first-order chi connectivity index (χ1) is 16.6. The molecule has 1 aliphatic rings. The quantitative estimate of drug-likeness (QED) is 0.510. The second kappa shape index (κ2) is 9.70. The van der Waals surface area contributed by atoms with Crippen molar-refractivity contribution in [3.63, 3.8) is 0 Å². The Morgan fingerprint density at radius 2 is 1.66 bits per heavy atom. The van der Waals surface area contributed by atoms with Crippen LogP contribution in [0.2, 0.25) is 0 Å². The zero-order chi connectivity index (χ0) is 25.2. The summed E-state index contributed by atoms with van der Waals surface area (Å²) in [6.45, 7) is 6.91. The van der Waals surface area contributed by atoms with Crippen LogP contribution in [0.25, 0.3) is 11.1 Å². The number of aryl methyl sites for hydroxylation is 1. The van der Waals surface area contributed by atoms with E-state index in [1.165, 1.54) is 0 Å². The van der Waals surface area contributed by atoms with Gasteiger partial charge >= 0.3 is 6.09 Å². The lowest BCUT2D eigenvalue weighted by molar-refractivity contribution is -0.0761. The van der Waals surface area contributed by atoms with Crippen LogP contribution in [0.1, 0.15) is 50.8 Å². The fraction of sp³-hybridized carbons (Fsp3) is 0.379. The third kappa shape index (κ3) is 5.17. The van der Waals surface area contributed by atoms with Crippen LogP contribution in [0.15, 0.2) is 77.7 Å². The minimum atomic E-state index is -0.672. The lowest BCUT2D eigenvalue weighted by Crippen LogP contribution is -2.53. The van der Waals surface area contributed by atoms with Crippen molar-refractivity contribution in [3.05, 3.63) is 94.4 Å². The van der Waals surface area contributed by atoms with Gasteiger partial charge in [-0.1, -0.05) is 54.6 Å². The lowest BCUT2D eigenvalue weighted by atomic mass is 9.78. The van der Waals surface area contributed by atoms with Crippen molar-refractivity contribution in [2.45, 2.75) is 50.8 Å².